The number of benzene rings is 1. The summed E-state index contributed by atoms with van der Waals surface area (Å²) in [5, 5.41) is 8.72. The van der Waals surface area contributed by atoms with Crippen LogP contribution in [0, 0.1) is 6.92 Å². The number of rotatable bonds is 12. The number of fused-ring (bicyclic) bond motifs is 3. The second-order valence-corrected chi connectivity index (χ2v) is 8.39. The number of carbonyl (C=O) groups is 1. The van der Waals surface area contributed by atoms with Crippen molar-refractivity contribution in [3.8, 4) is 22.7 Å². The molecule has 0 aliphatic heterocycles. The van der Waals surface area contributed by atoms with E-state index < -0.39 is 0 Å². The van der Waals surface area contributed by atoms with Crippen molar-refractivity contribution in [2.45, 2.75) is 20.5 Å². The van der Waals surface area contributed by atoms with E-state index in [9.17, 15) is 4.79 Å². The summed E-state index contributed by atoms with van der Waals surface area (Å²) in [4.78, 5) is 19.0. The van der Waals surface area contributed by atoms with E-state index in [0.29, 0.717) is 57.7 Å². The zero-order valence-corrected chi connectivity index (χ0v) is 22.2. The van der Waals surface area contributed by atoms with Crippen LogP contribution in [0.5, 0.6) is 0 Å². The molecule has 0 fully saturated rings. The van der Waals surface area contributed by atoms with Gasteiger partial charge in [-0.15, -0.1) is 10.2 Å². The lowest BCUT2D eigenvalue weighted by molar-refractivity contribution is -0.130. The predicted octanol–water partition coefficient (Wildman–Crippen LogP) is 4.27. The minimum absolute atomic E-state index is 0.315. The lowest BCUT2D eigenvalue weighted by atomic mass is 10.0. The van der Waals surface area contributed by atoms with Crippen molar-refractivity contribution in [2.75, 3.05) is 40.1 Å². The van der Waals surface area contributed by atoms with Gasteiger partial charge in [-0.25, -0.2) is 9.97 Å². The molecule has 4 aromatic heterocycles. The van der Waals surface area contributed by atoms with Gasteiger partial charge in [-0.05, 0) is 48.7 Å². The number of ether oxygens (including phenoxy) is 4. The van der Waals surface area contributed by atoms with E-state index in [-0.39, 0.29) is 0 Å². The van der Waals surface area contributed by atoms with Crippen LogP contribution in [-0.2, 0) is 30.3 Å². The molecule has 0 saturated carbocycles. The van der Waals surface area contributed by atoms with Crippen LogP contribution in [0.2, 0.25) is 0 Å². The third-order valence-corrected chi connectivity index (χ3v) is 5.67. The van der Waals surface area contributed by atoms with E-state index in [2.05, 4.69) is 56.3 Å². The van der Waals surface area contributed by atoms with Gasteiger partial charge in [-0.2, -0.15) is 0 Å². The average molecular weight is 534 g/mol. The van der Waals surface area contributed by atoms with Crippen molar-refractivity contribution in [1.29, 1.82) is 0 Å². The Balaban J connectivity index is 0.000000274. The minimum Gasteiger partial charge on any atom is -0.465 e. The van der Waals surface area contributed by atoms with Crippen LogP contribution in [0.4, 0.5) is 0 Å². The molecule has 1 aromatic carbocycles. The smallest absolute Gasteiger partial charge is 0.293 e. The van der Waals surface area contributed by atoms with Crippen LogP contribution < -0.4 is 0 Å². The van der Waals surface area contributed by atoms with Gasteiger partial charge in [0.25, 0.3) is 12.4 Å². The Kier molecular flexibility index (Phi) is 10.1. The number of carbonyl (C=O) groups excluding carboxylic acids is 1. The second kappa shape index (κ2) is 14.1. The fourth-order valence-corrected chi connectivity index (χ4v) is 3.95. The Morgan fingerprint density at radius 1 is 1.00 bits per heavy atom. The number of hydrogen-bond donors (Lipinski definition) is 0. The number of nitrogens with zero attached hydrogens (tertiary/aromatic N) is 5. The number of methoxy groups -OCH3 is 1. The first-order valence-electron chi connectivity index (χ1n) is 12.5. The van der Waals surface area contributed by atoms with Crippen LogP contribution >= 0.6 is 0 Å². The molecule has 0 amide bonds. The van der Waals surface area contributed by atoms with Crippen LogP contribution in [0.3, 0.4) is 0 Å². The first-order chi connectivity index (χ1) is 19.1. The fourth-order valence-electron chi connectivity index (χ4n) is 3.95. The molecule has 5 aromatic rings. The zero-order chi connectivity index (χ0) is 27.5. The van der Waals surface area contributed by atoms with Gasteiger partial charge in [0.2, 0.25) is 6.39 Å². The molecule has 0 N–H and O–H groups in total. The molecule has 5 rings (SSSR count). The van der Waals surface area contributed by atoms with E-state index in [1.807, 2.05) is 30.5 Å². The summed E-state index contributed by atoms with van der Waals surface area (Å²) in [6.07, 6.45) is 3.17. The number of hydrogen-bond acceptors (Lipinski definition) is 10. The van der Waals surface area contributed by atoms with Crippen LogP contribution in [-0.4, -0.2) is 71.2 Å². The topological polar surface area (TPSA) is 123 Å². The molecule has 11 heteroatoms. The zero-order valence-electron chi connectivity index (χ0n) is 22.2. The predicted molar refractivity (Wildman–Crippen MR) is 144 cm³/mol. The number of aromatic nitrogens is 5. The van der Waals surface area contributed by atoms with Gasteiger partial charge in [0, 0.05) is 31.0 Å². The Morgan fingerprint density at radius 2 is 1.79 bits per heavy atom. The maximum absolute atomic E-state index is 9.64. The maximum Gasteiger partial charge on any atom is 0.293 e. The molecule has 204 valence electrons. The number of pyridine rings is 2. The van der Waals surface area contributed by atoms with Gasteiger partial charge in [-0.1, -0.05) is 24.3 Å². The number of aryl methyl sites for hydroxylation is 1. The highest BCUT2D eigenvalue weighted by Crippen LogP contribution is 2.30. The van der Waals surface area contributed by atoms with Gasteiger partial charge >= 0.3 is 0 Å². The minimum atomic E-state index is 0.315. The van der Waals surface area contributed by atoms with Crippen LogP contribution in [0.1, 0.15) is 18.2 Å². The molecule has 11 nitrogen and oxygen atoms in total. The molecule has 0 unspecified atom stereocenters. The summed E-state index contributed by atoms with van der Waals surface area (Å²) >= 11 is 0. The molecular weight excluding hydrogens is 502 g/mol. The normalized spacial score (nSPS) is 10.9. The third-order valence-electron chi connectivity index (χ3n) is 5.67. The molecule has 39 heavy (non-hydrogen) atoms. The van der Waals surface area contributed by atoms with Crippen molar-refractivity contribution in [2.24, 2.45) is 0 Å². The largest absolute Gasteiger partial charge is 0.465 e. The van der Waals surface area contributed by atoms with Crippen molar-refractivity contribution < 1.29 is 28.2 Å². The van der Waals surface area contributed by atoms with Crippen molar-refractivity contribution in [1.82, 2.24) is 24.6 Å². The molecule has 0 bridgehead atoms. The van der Waals surface area contributed by atoms with Gasteiger partial charge in [0.15, 0.2) is 0 Å². The molecule has 0 aliphatic carbocycles. The van der Waals surface area contributed by atoms with Gasteiger partial charge < -0.3 is 23.4 Å². The highest BCUT2D eigenvalue weighted by molar-refractivity contribution is 5.94. The van der Waals surface area contributed by atoms with Crippen LogP contribution in [0.25, 0.3) is 39.4 Å². The van der Waals surface area contributed by atoms with Gasteiger partial charge in [0.05, 0.1) is 26.4 Å². The van der Waals surface area contributed by atoms with E-state index in [4.69, 9.17) is 23.6 Å². The summed E-state index contributed by atoms with van der Waals surface area (Å²) in [7, 11) is 1.70. The summed E-state index contributed by atoms with van der Waals surface area (Å²) in [6.45, 7) is 7.53. The van der Waals surface area contributed by atoms with Crippen molar-refractivity contribution in [3.05, 3.63) is 66.3 Å². The monoisotopic (exact) mass is 533 g/mol. The molecule has 0 saturated heterocycles. The van der Waals surface area contributed by atoms with E-state index in [0.717, 1.165) is 39.1 Å². The fraction of sp³-hybridized carbons (Fsp3) is 0.321. The molecule has 4 heterocycles. The first kappa shape index (κ1) is 27.8. The number of imidazole rings is 1. The Morgan fingerprint density at radius 3 is 2.51 bits per heavy atom. The summed E-state index contributed by atoms with van der Waals surface area (Å²) in [5.74, 6) is 0.387. The average Bonchev–Trinajstić information content (AvgIpc) is 3.64. The van der Waals surface area contributed by atoms with Crippen LogP contribution in [0.15, 0.2) is 59.5 Å². The maximum atomic E-state index is 9.64. The summed E-state index contributed by atoms with van der Waals surface area (Å²) in [5.41, 5.74) is 6.57. The summed E-state index contributed by atoms with van der Waals surface area (Å²) < 4.78 is 26.9. The molecule has 0 radical (unpaired) electrons. The van der Waals surface area contributed by atoms with E-state index >= 15 is 0 Å². The van der Waals surface area contributed by atoms with Crippen molar-refractivity contribution >= 4 is 23.2 Å². The molecule has 0 aliphatic rings. The standard InChI is InChI=1S/C21H17N5O2.C7H14O4/c1-13-9-17(15-5-3-14(4-6-15)11-27-2)16-7-8-19-24-18(21-25-22-12-28-21)10-26(19)20(16)23-13;1-2-9-3-4-10-5-6-11-7-8/h3-10,12H,11H2,1-2H3;7H,2-6H2,1H3. The first-order valence-corrected chi connectivity index (χ1v) is 12.5. The lowest BCUT2D eigenvalue weighted by Gasteiger charge is -2.10. The highest BCUT2D eigenvalue weighted by Gasteiger charge is 2.14. The van der Waals surface area contributed by atoms with Gasteiger partial charge in [-0.3, -0.25) is 9.20 Å². The Hall–Kier alpha value is -4.19. The quantitative estimate of drug-likeness (QED) is 0.170. The highest BCUT2D eigenvalue weighted by atomic mass is 16.6. The van der Waals surface area contributed by atoms with E-state index in [1.54, 1.807) is 7.11 Å². The Bertz CT molecular complexity index is 1470. The summed E-state index contributed by atoms with van der Waals surface area (Å²) in [6, 6.07) is 14.5. The second-order valence-electron chi connectivity index (χ2n) is 8.39. The molecular formula is C28H31N5O6. The van der Waals surface area contributed by atoms with Crippen molar-refractivity contribution in [3.63, 3.8) is 0 Å². The molecule has 0 spiro atoms. The van der Waals surface area contributed by atoms with Gasteiger partial charge in [0.1, 0.15) is 23.6 Å². The SMILES string of the molecule is CCOCCOCCOC=O.COCc1ccc(-c2cc(C)nc3c2ccc2nc(-c4nnco4)cn23)cc1. The van der Waals surface area contributed by atoms with E-state index in [1.165, 1.54) is 6.39 Å². The Labute approximate surface area is 225 Å². The lowest BCUT2D eigenvalue weighted by Crippen LogP contribution is -2.08. The third kappa shape index (κ3) is 7.23. The molecule has 0 atom stereocenters.